The van der Waals surface area contributed by atoms with Gasteiger partial charge in [0.1, 0.15) is 5.01 Å². The molecule has 16 heavy (non-hydrogen) atoms. The van der Waals surface area contributed by atoms with Crippen molar-refractivity contribution in [2.75, 3.05) is 16.8 Å². The zero-order chi connectivity index (χ0) is 12.0. The number of aliphatic carboxylic acids is 1. The van der Waals surface area contributed by atoms with Gasteiger partial charge in [0.05, 0.1) is 11.7 Å². The number of carboxylic acids is 1. The topological polar surface area (TPSA) is 95.0 Å². The molecule has 8 heteroatoms. The number of hydrogen-bond acceptors (Lipinski definition) is 7. The van der Waals surface area contributed by atoms with Crippen LogP contribution in [0.2, 0.25) is 0 Å². The normalized spacial score (nSPS) is 10.1. The molecule has 6 nitrogen and oxygen atoms in total. The molecule has 0 radical (unpaired) electrons. The van der Waals surface area contributed by atoms with Gasteiger partial charge in [0.15, 0.2) is 0 Å². The third kappa shape index (κ3) is 4.58. The van der Waals surface area contributed by atoms with Gasteiger partial charge in [0, 0.05) is 5.75 Å². The molecule has 0 saturated carbocycles. The molecule has 0 unspecified atom stereocenters. The minimum Gasteiger partial charge on any atom is -0.549 e. The fraction of sp³-hybridized carbons (Fsp3) is 0.500. The molecule has 1 rings (SSSR count). The fourth-order valence-corrected chi connectivity index (χ4v) is 2.05. The SMILES string of the molecule is CCc1nnc(NC(=O)CSCC(=O)[O-])s1. The molecule has 1 amide bonds. The van der Waals surface area contributed by atoms with Gasteiger partial charge in [-0.05, 0) is 6.42 Å². The van der Waals surface area contributed by atoms with E-state index >= 15 is 0 Å². The maximum Gasteiger partial charge on any atom is 0.236 e. The first-order valence-electron chi connectivity index (χ1n) is 4.51. The lowest BCUT2D eigenvalue weighted by molar-refractivity contribution is -0.301. The Morgan fingerprint density at radius 1 is 1.44 bits per heavy atom. The number of amides is 1. The van der Waals surface area contributed by atoms with Crippen molar-refractivity contribution in [1.82, 2.24) is 10.2 Å². The maximum atomic E-state index is 11.3. The van der Waals surface area contributed by atoms with Gasteiger partial charge >= 0.3 is 0 Å². The molecule has 0 saturated heterocycles. The zero-order valence-corrected chi connectivity index (χ0v) is 10.2. The van der Waals surface area contributed by atoms with E-state index < -0.39 is 5.97 Å². The van der Waals surface area contributed by atoms with E-state index in [4.69, 9.17) is 0 Å². The molecule has 0 aliphatic carbocycles. The molecule has 0 atom stereocenters. The third-order valence-corrected chi connectivity index (χ3v) is 3.36. The number of aryl methyl sites for hydroxylation is 1. The summed E-state index contributed by atoms with van der Waals surface area (Å²) in [5.41, 5.74) is 0. The molecule has 0 bridgehead atoms. The zero-order valence-electron chi connectivity index (χ0n) is 8.56. The summed E-state index contributed by atoms with van der Waals surface area (Å²) in [4.78, 5) is 21.4. The predicted octanol–water partition coefficient (Wildman–Crippen LogP) is -0.478. The van der Waals surface area contributed by atoms with E-state index in [1.165, 1.54) is 11.3 Å². The number of anilines is 1. The molecule has 1 aromatic heterocycles. The molecule has 0 fully saturated rings. The summed E-state index contributed by atoms with van der Waals surface area (Å²) in [6, 6.07) is 0. The highest BCUT2D eigenvalue weighted by molar-refractivity contribution is 8.00. The number of hydrogen-bond donors (Lipinski definition) is 1. The van der Waals surface area contributed by atoms with Crippen molar-refractivity contribution in [2.45, 2.75) is 13.3 Å². The number of carbonyl (C=O) groups is 2. The monoisotopic (exact) mass is 260 g/mol. The largest absolute Gasteiger partial charge is 0.549 e. The summed E-state index contributed by atoms with van der Waals surface area (Å²) in [5, 5.41) is 21.5. The quantitative estimate of drug-likeness (QED) is 0.742. The minimum atomic E-state index is -1.18. The number of carbonyl (C=O) groups excluding carboxylic acids is 2. The van der Waals surface area contributed by atoms with Crippen LogP contribution in [0, 0.1) is 0 Å². The van der Waals surface area contributed by atoms with Crippen LogP contribution in [0.15, 0.2) is 0 Å². The fourth-order valence-electron chi connectivity index (χ4n) is 0.829. The third-order valence-electron chi connectivity index (χ3n) is 1.47. The van der Waals surface area contributed by atoms with Crippen molar-refractivity contribution in [2.24, 2.45) is 0 Å². The van der Waals surface area contributed by atoms with Gasteiger partial charge in [0.2, 0.25) is 11.0 Å². The highest BCUT2D eigenvalue weighted by Gasteiger charge is 2.07. The highest BCUT2D eigenvalue weighted by Crippen LogP contribution is 2.15. The van der Waals surface area contributed by atoms with Gasteiger partial charge in [-0.2, -0.15) is 0 Å². The van der Waals surface area contributed by atoms with Crippen LogP contribution >= 0.6 is 23.1 Å². The van der Waals surface area contributed by atoms with Gasteiger partial charge < -0.3 is 9.90 Å². The Balaban J connectivity index is 2.31. The first-order chi connectivity index (χ1) is 7.61. The average molecular weight is 260 g/mol. The van der Waals surface area contributed by atoms with E-state index in [9.17, 15) is 14.7 Å². The van der Waals surface area contributed by atoms with E-state index in [0.717, 1.165) is 23.2 Å². The number of carboxylic acid groups (broad SMARTS) is 1. The van der Waals surface area contributed by atoms with Gasteiger partial charge in [-0.3, -0.25) is 10.1 Å². The molecule has 0 aliphatic heterocycles. The number of thioether (sulfide) groups is 1. The summed E-state index contributed by atoms with van der Waals surface area (Å²) in [6.07, 6.45) is 0.771. The molecule has 0 aliphatic rings. The Kier molecular flexibility index (Phi) is 5.20. The second-order valence-electron chi connectivity index (χ2n) is 2.77. The lowest BCUT2D eigenvalue weighted by atomic mass is 10.5. The van der Waals surface area contributed by atoms with Crippen molar-refractivity contribution < 1.29 is 14.7 Å². The van der Waals surface area contributed by atoms with Crippen molar-refractivity contribution in [1.29, 1.82) is 0 Å². The Bertz CT molecular complexity index is 380. The number of rotatable bonds is 6. The van der Waals surface area contributed by atoms with Crippen molar-refractivity contribution in [3.8, 4) is 0 Å². The molecule has 1 aromatic rings. The lowest BCUT2D eigenvalue weighted by Crippen LogP contribution is -2.25. The van der Waals surface area contributed by atoms with Crippen molar-refractivity contribution in [3.63, 3.8) is 0 Å². The maximum absolute atomic E-state index is 11.3. The summed E-state index contributed by atoms with van der Waals surface area (Å²) in [6.45, 7) is 1.95. The van der Waals surface area contributed by atoms with E-state index in [1.54, 1.807) is 0 Å². The van der Waals surface area contributed by atoms with Gasteiger partial charge in [-0.25, -0.2) is 0 Å². The second-order valence-corrected chi connectivity index (χ2v) is 4.82. The van der Waals surface area contributed by atoms with Crippen LogP contribution in [0.5, 0.6) is 0 Å². The van der Waals surface area contributed by atoms with Gasteiger partial charge in [-0.1, -0.05) is 18.3 Å². The van der Waals surface area contributed by atoms with Crippen LogP contribution in [-0.2, 0) is 16.0 Å². The van der Waals surface area contributed by atoms with Crippen molar-refractivity contribution in [3.05, 3.63) is 5.01 Å². The number of nitrogens with zero attached hydrogens (tertiary/aromatic N) is 2. The van der Waals surface area contributed by atoms with E-state index in [0.29, 0.717) is 5.13 Å². The summed E-state index contributed by atoms with van der Waals surface area (Å²) in [5.74, 6) is -1.59. The molecule has 1 N–H and O–H groups in total. The molecule has 1 heterocycles. The summed E-state index contributed by atoms with van der Waals surface area (Å²) in [7, 11) is 0. The van der Waals surface area contributed by atoms with Crippen LogP contribution in [0.25, 0.3) is 0 Å². The van der Waals surface area contributed by atoms with Crippen molar-refractivity contribution >= 4 is 40.1 Å². The molecule has 88 valence electrons. The van der Waals surface area contributed by atoms with Gasteiger partial charge in [0.25, 0.3) is 0 Å². The predicted molar refractivity (Wildman–Crippen MR) is 60.2 cm³/mol. The molecular weight excluding hydrogens is 250 g/mol. The average Bonchev–Trinajstić information content (AvgIpc) is 2.65. The van der Waals surface area contributed by atoms with E-state index in [1.807, 2.05) is 6.92 Å². The Hall–Kier alpha value is -1.15. The lowest BCUT2D eigenvalue weighted by Gasteiger charge is -2.01. The van der Waals surface area contributed by atoms with Crippen LogP contribution in [0.3, 0.4) is 0 Å². The molecule has 0 spiro atoms. The Labute approximate surface area is 100 Å². The van der Waals surface area contributed by atoms with Crippen LogP contribution < -0.4 is 10.4 Å². The number of aromatic nitrogens is 2. The molecule has 0 aromatic carbocycles. The van der Waals surface area contributed by atoms with E-state index in [2.05, 4.69) is 15.5 Å². The smallest absolute Gasteiger partial charge is 0.236 e. The van der Waals surface area contributed by atoms with Gasteiger partial charge in [-0.15, -0.1) is 22.0 Å². The summed E-state index contributed by atoms with van der Waals surface area (Å²) >= 11 is 2.29. The molecular formula is C8H10N3O3S2-. The Morgan fingerprint density at radius 2 is 2.19 bits per heavy atom. The minimum absolute atomic E-state index is 0.0645. The van der Waals surface area contributed by atoms with E-state index in [-0.39, 0.29) is 17.4 Å². The number of nitrogens with one attached hydrogen (secondary N) is 1. The van der Waals surface area contributed by atoms with Crippen LogP contribution in [0.1, 0.15) is 11.9 Å². The van der Waals surface area contributed by atoms with Crippen LogP contribution in [-0.4, -0.2) is 33.6 Å². The summed E-state index contributed by atoms with van der Waals surface area (Å²) < 4.78 is 0. The standard InChI is InChI=1S/C8H11N3O3S2/c1-2-6-10-11-8(16-6)9-5(12)3-15-4-7(13)14/h2-4H2,1H3,(H,13,14)(H,9,11,12)/p-1. The van der Waals surface area contributed by atoms with Crippen LogP contribution in [0.4, 0.5) is 5.13 Å². The first kappa shape index (κ1) is 12.9. The first-order valence-corrected chi connectivity index (χ1v) is 6.48. The highest BCUT2D eigenvalue weighted by atomic mass is 32.2. The Morgan fingerprint density at radius 3 is 2.75 bits per heavy atom. The second kappa shape index (κ2) is 6.44.